The van der Waals surface area contributed by atoms with E-state index in [-0.39, 0.29) is 17.0 Å². The molecule has 3 rings (SSSR count). The minimum absolute atomic E-state index is 0.206. The van der Waals surface area contributed by atoms with Crippen molar-refractivity contribution in [1.82, 2.24) is 25.0 Å². The fraction of sp³-hybridized carbons (Fsp3) is 0.320. The fourth-order valence-corrected chi connectivity index (χ4v) is 3.85. The van der Waals surface area contributed by atoms with Gasteiger partial charge in [-0.2, -0.15) is 26.3 Å². The van der Waals surface area contributed by atoms with Gasteiger partial charge in [-0.15, -0.1) is 5.10 Å². The van der Waals surface area contributed by atoms with Crippen LogP contribution >= 0.6 is 11.6 Å². The number of halogens is 7. The van der Waals surface area contributed by atoms with Crippen LogP contribution in [0.3, 0.4) is 0 Å². The highest BCUT2D eigenvalue weighted by atomic mass is 35.5. The number of hydrogen-bond donors (Lipinski definition) is 3. The molecule has 0 bridgehead atoms. The Labute approximate surface area is 237 Å². The van der Waals surface area contributed by atoms with Crippen molar-refractivity contribution in [3.05, 3.63) is 75.2 Å². The van der Waals surface area contributed by atoms with Gasteiger partial charge in [0.05, 0.1) is 18.4 Å². The molecule has 1 aromatic heterocycles. The summed E-state index contributed by atoms with van der Waals surface area (Å²) >= 11 is 5.85. The van der Waals surface area contributed by atoms with Gasteiger partial charge in [-0.05, 0) is 42.0 Å². The summed E-state index contributed by atoms with van der Waals surface area (Å²) in [6.07, 6.45) is -11.3. The lowest BCUT2D eigenvalue weighted by atomic mass is 10.0. The number of carbonyl (C=O) groups excluding carboxylic acids is 2. The van der Waals surface area contributed by atoms with E-state index in [1.807, 2.05) is 0 Å². The number of carboxylic acids is 1. The Morgan fingerprint density at radius 2 is 1.69 bits per heavy atom. The van der Waals surface area contributed by atoms with Crippen LogP contribution in [0.4, 0.5) is 26.3 Å². The van der Waals surface area contributed by atoms with Crippen LogP contribution < -0.4 is 16.3 Å². The highest BCUT2D eigenvalue weighted by Crippen LogP contribution is 2.31. The standard InChI is InChI=1S/C25H22ClF6N5O5/c26-17-6-4-14(5-7-17)21-35-37(23(42)36(21)11-9-24(27,28)29)13-18(38)34-20(22(41)33-10-8-19(39)40)15-2-1-3-16(12-15)25(30,31)32/h1-7,12,20H,8-11,13H2,(H,33,41)(H,34,38)(H,39,40). The topological polar surface area (TPSA) is 135 Å². The molecule has 1 atom stereocenters. The molecule has 226 valence electrons. The van der Waals surface area contributed by atoms with E-state index in [2.05, 4.69) is 15.7 Å². The number of carbonyl (C=O) groups is 3. The summed E-state index contributed by atoms with van der Waals surface area (Å²) in [4.78, 5) is 49.5. The lowest BCUT2D eigenvalue weighted by molar-refractivity contribution is -0.138. The zero-order valence-electron chi connectivity index (χ0n) is 21.3. The number of alkyl halides is 6. The summed E-state index contributed by atoms with van der Waals surface area (Å²) < 4.78 is 79.9. The van der Waals surface area contributed by atoms with Crippen LogP contribution in [0.25, 0.3) is 11.4 Å². The third kappa shape index (κ3) is 8.83. The van der Waals surface area contributed by atoms with E-state index in [4.69, 9.17) is 16.7 Å². The molecule has 42 heavy (non-hydrogen) atoms. The van der Waals surface area contributed by atoms with Crippen LogP contribution in [0.2, 0.25) is 5.02 Å². The second kappa shape index (κ2) is 13.1. The molecule has 17 heteroatoms. The lowest BCUT2D eigenvalue weighted by Crippen LogP contribution is -2.43. The first-order chi connectivity index (χ1) is 19.5. The molecule has 1 heterocycles. The molecule has 3 N–H and O–H groups in total. The fourth-order valence-electron chi connectivity index (χ4n) is 3.73. The Bertz CT molecular complexity index is 1500. The van der Waals surface area contributed by atoms with E-state index in [0.717, 1.165) is 18.2 Å². The van der Waals surface area contributed by atoms with Crippen LogP contribution in [-0.2, 0) is 33.6 Å². The third-order valence-electron chi connectivity index (χ3n) is 5.69. The van der Waals surface area contributed by atoms with Crippen molar-refractivity contribution in [2.24, 2.45) is 0 Å². The van der Waals surface area contributed by atoms with Crippen LogP contribution in [0.5, 0.6) is 0 Å². The zero-order chi connectivity index (χ0) is 31.2. The summed E-state index contributed by atoms with van der Waals surface area (Å²) in [7, 11) is 0. The van der Waals surface area contributed by atoms with Gasteiger partial charge in [0.25, 0.3) is 0 Å². The highest BCUT2D eigenvalue weighted by molar-refractivity contribution is 6.30. The minimum atomic E-state index is -4.79. The number of rotatable bonds is 11. The average molecular weight is 622 g/mol. The van der Waals surface area contributed by atoms with Gasteiger partial charge in [0.15, 0.2) is 5.82 Å². The molecule has 0 spiro atoms. The lowest BCUT2D eigenvalue weighted by Gasteiger charge is -2.20. The van der Waals surface area contributed by atoms with Crippen molar-refractivity contribution < 1.29 is 45.8 Å². The van der Waals surface area contributed by atoms with Crippen molar-refractivity contribution in [2.75, 3.05) is 6.54 Å². The Hall–Kier alpha value is -4.34. The molecule has 0 fully saturated rings. The normalized spacial score (nSPS) is 12.5. The molecular formula is C25H22ClF6N5O5. The van der Waals surface area contributed by atoms with Gasteiger partial charge in [0.2, 0.25) is 11.8 Å². The van der Waals surface area contributed by atoms with Crippen molar-refractivity contribution in [3.63, 3.8) is 0 Å². The average Bonchev–Trinajstić information content (AvgIpc) is 3.20. The number of nitrogens with one attached hydrogen (secondary N) is 2. The molecule has 1 unspecified atom stereocenters. The Morgan fingerprint density at radius 1 is 1.02 bits per heavy atom. The number of amides is 2. The molecular weight excluding hydrogens is 600 g/mol. The molecule has 0 aliphatic rings. The van der Waals surface area contributed by atoms with Gasteiger partial charge in [-0.25, -0.2) is 9.48 Å². The quantitative estimate of drug-likeness (QED) is 0.279. The molecule has 3 aromatic rings. The summed E-state index contributed by atoms with van der Waals surface area (Å²) in [6.45, 7) is -2.16. The Balaban J connectivity index is 1.92. The first kappa shape index (κ1) is 32.2. The number of nitrogens with zero attached hydrogens (tertiary/aromatic N) is 3. The van der Waals surface area contributed by atoms with Gasteiger partial charge < -0.3 is 15.7 Å². The number of carboxylic acid groups (broad SMARTS) is 1. The minimum Gasteiger partial charge on any atom is -0.481 e. The van der Waals surface area contributed by atoms with Crippen molar-refractivity contribution >= 4 is 29.4 Å². The van der Waals surface area contributed by atoms with Crippen molar-refractivity contribution in [2.45, 2.75) is 44.3 Å². The molecule has 10 nitrogen and oxygen atoms in total. The monoisotopic (exact) mass is 621 g/mol. The van der Waals surface area contributed by atoms with E-state index < -0.39 is 79.9 Å². The SMILES string of the molecule is O=C(O)CCNC(=O)C(NC(=O)Cn1nc(-c2ccc(Cl)cc2)n(CCC(F)(F)F)c1=O)c1cccc(C(F)(F)F)c1. The number of aliphatic carboxylic acids is 1. The maximum absolute atomic E-state index is 13.3. The Morgan fingerprint density at radius 3 is 2.29 bits per heavy atom. The summed E-state index contributed by atoms with van der Waals surface area (Å²) in [5, 5.41) is 17.4. The predicted molar refractivity (Wildman–Crippen MR) is 135 cm³/mol. The van der Waals surface area contributed by atoms with Crippen LogP contribution in [0.1, 0.15) is 30.0 Å². The van der Waals surface area contributed by atoms with Crippen molar-refractivity contribution in [1.29, 1.82) is 0 Å². The predicted octanol–water partition coefficient (Wildman–Crippen LogP) is 3.78. The number of hydrogen-bond acceptors (Lipinski definition) is 5. The molecule has 2 aromatic carbocycles. The van der Waals surface area contributed by atoms with Crippen LogP contribution in [0, 0.1) is 0 Å². The van der Waals surface area contributed by atoms with Gasteiger partial charge in [0, 0.05) is 23.7 Å². The molecule has 0 saturated heterocycles. The maximum Gasteiger partial charge on any atom is 0.416 e. The van der Waals surface area contributed by atoms with Crippen LogP contribution in [0.15, 0.2) is 53.3 Å². The van der Waals surface area contributed by atoms with Crippen molar-refractivity contribution in [3.8, 4) is 11.4 Å². The van der Waals surface area contributed by atoms with E-state index in [9.17, 15) is 45.5 Å². The zero-order valence-corrected chi connectivity index (χ0v) is 22.1. The molecule has 0 aliphatic heterocycles. The van der Waals surface area contributed by atoms with Gasteiger partial charge in [0.1, 0.15) is 12.6 Å². The second-order valence-electron chi connectivity index (χ2n) is 8.85. The largest absolute Gasteiger partial charge is 0.481 e. The first-order valence-electron chi connectivity index (χ1n) is 12.0. The summed E-state index contributed by atoms with van der Waals surface area (Å²) in [5.41, 5.74) is -2.33. The molecule has 0 saturated carbocycles. The number of benzene rings is 2. The summed E-state index contributed by atoms with van der Waals surface area (Å²) in [5.74, 6) is -3.63. The van der Waals surface area contributed by atoms with E-state index >= 15 is 0 Å². The first-order valence-corrected chi connectivity index (χ1v) is 12.4. The maximum atomic E-state index is 13.3. The van der Waals surface area contributed by atoms with E-state index in [0.29, 0.717) is 20.3 Å². The van der Waals surface area contributed by atoms with Crippen LogP contribution in [-0.4, -0.2) is 50.0 Å². The van der Waals surface area contributed by atoms with Gasteiger partial charge in [-0.1, -0.05) is 23.7 Å². The van der Waals surface area contributed by atoms with E-state index in [1.165, 1.54) is 24.3 Å². The summed E-state index contributed by atoms with van der Waals surface area (Å²) in [6, 6.07) is 7.29. The van der Waals surface area contributed by atoms with Gasteiger partial charge in [-0.3, -0.25) is 19.0 Å². The highest BCUT2D eigenvalue weighted by Gasteiger charge is 2.33. The smallest absolute Gasteiger partial charge is 0.416 e. The molecule has 2 amide bonds. The van der Waals surface area contributed by atoms with Gasteiger partial charge >= 0.3 is 24.0 Å². The second-order valence-corrected chi connectivity index (χ2v) is 9.28. The van der Waals surface area contributed by atoms with E-state index in [1.54, 1.807) is 0 Å². The Kier molecular flexibility index (Phi) is 10.0. The third-order valence-corrected chi connectivity index (χ3v) is 5.94. The molecule has 0 radical (unpaired) electrons. The number of aromatic nitrogens is 3. The molecule has 0 aliphatic carbocycles.